The Kier molecular flexibility index (Phi) is 23.4. The summed E-state index contributed by atoms with van der Waals surface area (Å²) in [6.07, 6.45) is 13.8. The molecule has 1 aliphatic rings. The number of benzene rings is 4. The summed E-state index contributed by atoms with van der Waals surface area (Å²) in [5.41, 5.74) is -0.0970. The van der Waals surface area contributed by atoms with Crippen LogP contribution in [0.2, 0.25) is 0 Å². The smallest absolute Gasteiger partial charge is 0.338 e. The van der Waals surface area contributed by atoms with Crippen LogP contribution in [0.4, 0.5) is 0 Å². The molecule has 1 saturated heterocycles. The lowest BCUT2D eigenvalue weighted by Gasteiger charge is -2.44. The Morgan fingerprint density at radius 3 is 1.30 bits per heavy atom. The first-order chi connectivity index (χ1) is 32.3. The second-order valence-electron chi connectivity index (χ2n) is 16.6. The maximum absolute atomic E-state index is 13.9. The third-order valence-electron chi connectivity index (χ3n) is 11.5. The summed E-state index contributed by atoms with van der Waals surface area (Å²) in [4.78, 5) is 67.6. The van der Waals surface area contributed by atoms with Crippen LogP contribution in [0.3, 0.4) is 0 Å². The number of ether oxygens (including phenoxy) is 5. The van der Waals surface area contributed by atoms with Gasteiger partial charge in [0.05, 0.1) is 22.3 Å². The number of hydrogen-bond acceptors (Lipinski definition) is 11. The lowest BCUT2D eigenvalue weighted by atomic mass is 9.98. The van der Waals surface area contributed by atoms with Crippen molar-refractivity contribution in [1.29, 1.82) is 0 Å². The number of rotatable bonds is 29. The first-order valence-corrected chi connectivity index (χ1v) is 24.9. The van der Waals surface area contributed by atoms with E-state index < -0.39 is 60.3 Å². The van der Waals surface area contributed by atoms with Gasteiger partial charge in [-0.2, -0.15) is 0 Å². The molecule has 0 spiro atoms. The number of carbonyl (C=O) groups is 5. The highest BCUT2D eigenvalue weighted by molar-refractivity contribution is 7.99. The van der Waals surface area contributed by atoms with E-state index >= 15 is 0 Å². The topological polar surface area (TPSA) is 144 Å². The predicted molar refractivity (Wildman–Crippen MR) is 257 cm³/mol. The molecule has 1 unspecified atom stereocenters. The van der Waals surface area contributed by atoms with Crippen LogP contribution in [0, 0.1) is 0 Å². The Morgan fingerprint density at radius 1 is 0.485 bits per heavy atom. The Bertz CT molecular complexity index is 2020. The zero-order valence-corrected chi connectivity index (χ0v) is 39.2. The molecule has 5 atom stereocenters. The molecular weight excluding hydrogens is 855 g/mol. The van der Waals surface area contributed by atoms with E-state index in [2.05, 4.69) is 12.2 Å². The summed E-state index contributed by atoms with van der Waals surface area (Å²) in [5, 5.41) is 2.99. The van der Waals surface area contributed by atoms with E-state index in [1.807, 2.05) is 0 Å². The number of unbranched alkanes of at least 4 members (excludes halogenated alkanes) is 14. The fraction of sp³-hybridized carbons (Fsp3) is 0.463. The summed E-state index contributed by atoms with van der Waals surface area (Å²) >= 11 is 1.23. The maximum Gasteiger partial charge on any atom is 0.338 e. The molecule has 0 saturated carbocycles. The van der Waals surface area contributed by atoms with E-state index in [0.29, 0.717) is 17.7 Å². The molecule has 5 rings (SSSR count). The molecular formula is C54H67NO10S. The zero-order chi connectivity index (χ0) is 46.6. The van der Waals surface area contributed by atoms with Crippen molar-refractivity contribution in [2.75, 3.05) is 18.9 Å². The summed E-state index contributed by atoms with van der Waals surface area (Å²) in [7, 11) is 0. The highest BCUT2D eigenvalue weighted by atomic mass is 32.2. The van der Waals surface area contributed by atoms with Crippen molar-refractivity contribution in [2.24, 2.45) is 0 Å². The van der Waals surface area contributed by atoms with E-state index in [0.717, 1.165) is 19.3 Å². The van der Waals surface area contributed by atoms with Crippen LogP contribution in [0.1, 0.15) is 151 Å². The Labute approximate surface area is 395 Å². The van der Waals surface area contributed by atoms with Crippen molar-refractivity contribution in [3.05, 3.63) is 144 Å². The van der Waals surface area contributed by atoms with Gasteiger partial charge in [0.2, 0.25) is 5.91 Å². The van der Waals surface area contributed by atoms with Gasteiger partial charge in [-0.3, -0.25) is 4.79 Å². The minimum atomic E-state index is -1.44. The number of carbonyl (C=O) groups excluding carboxylic acids is 5. The quantitative estimate of drug-likeness (QED) is 0.0316. The van der Waals surface area contributed by atoms with Crippen molar-refractivity contribution in [1.82, 2.24) is 5.32 Å². The Balaban J connectivity index is 1.24. The molecule has 354 valence electrons. The maximum atomic E-state index is 13.9. The van der Waals surface area contributed by atoms with Gasteiger partial charge in [-0.05, 0) is 55.0 Å². The highest BCUT2D eigenvalue weighted by Gasteiger charge is 2.53. The molecule has 1 aliphatic heterocycles. The van der Waals surface area contributed by atoms with Gasteiger partial charge in [-0.1, -0.05) is 170 Å². The number of esters is 4. The van der Waals surface area contributed by atoms with Gasteiger partial charge in [-0.15, -0.1) is 11.8 Å². The van der Waals surface area contributed by atoms with Gasteiger partial charge in [0.25, 0.3) is 0 Å². The van der Waals surface area contributed by atoms with Crippen LogP contribution in [-0.4, -0.2) is 78.5 Å². The third-order valence-corrected chi connectivity index (χ3v) is 12.6. The number of nitrogens with one attached hydrogen (secondary N) is 1. The highest BCUT2D eigenvalue weighted by Crippen LogP contribution is 2.35. The average Bonchev–Trinajstić information content (AvgIpc) is 3.35. The van der Waals surface area contributed by atoms with Crippen LogP contribution in [0.15, 0.2) is 121 Å². The van der Waals surface area contributed by atoms with Crippen molar-refractivity contribution in [3.8, 4) is 0 Å². The molecule has 0 radical (unpaired) electrons. The number of thioether (sulfide) groups is 1. The van der Waals surface area contributed by atoms with E-state index in [1.54, 1.807) is 121 Å². The standard InChI is InChI=1S/C54H67NO10S/c1-2-3-4-5-6-7-8-9-10-11-12-13-14-15-28-37-46(56)55-38-39-66-54-49(65-53(60)44-35-26-19-27-36-44)48(64-52(59)43-33-24-18-25-34-43)47(63-51(58)42-31-22-17-23-32-42)45(62-54)40-61-50(57)41-29-20-16-21-30-41/h16-27,29-36,45,47-49,54H,2-15,28,37-40H2,1H3,(H,55,56)/t45-,47+,48+,49-,54?/m1/s1. The van der Waals surface area contributed by atoms with Crippen molar-refractivity contribution in [3.63, 3.8) is 0 Å². The summed E-state index contributed by atoms with van der Waals surface area (Å²) < 4.78 is 30.8. The fourth-order valence-corrected chi connectivity index (χ4v) is 8.85. The first kappa shape index (κ1) is 51.5. The Hall–Kier alpha value is -5.46. The van der Waals surface area contributed by atoms with E-state index in [9.17, 15) is 24.0 Å². The largest absolute Gasteiger partial charge is 0.459 e. The summed E-state index contributed by atoms with van der Waals surface area (Å²) in [6.45, 7) is 2.12. The van der Waals surface area contributed by atoms with Gasteiger partial charge in [0, 0.05) is 18.7 Å². The van der Waals surface area contributed by atoms with Gasteiger partial charge >= 0.3 is 23.9 Å². The fourth-order valence-electron chi connectivity index (χ4n) is 7.77. The molecule has 1 N–H and O–H groups in total. The molecule has 0 aromatic heterocycles. The van der Waals surface area contributed by atoms with Crippen molar-refractivity contribution < 1.29 is 47.7 Å². The third kappa shape index (κ3) is 18.1. The van der Waals surface area contributed by atoms with Crippen LogP contribution in [0.5, 0.6) is 0 Å². The van der Waals surface area contributed by atoms with Crippen molar-refractivity contribution in [2.45, 2.75) is 140 Å². The molecule has 11 nitrogen and oxygen atoms in total. The van der Waals surface area contributed by atoms with Gasteiger partial charge < -0.3 is 29.0 Å². The second kappa shape index (κ2) is 29.9. The van der Waals surface area contributed by atoms with E-state index in [-0.39, 0.29) is 29.1 Å². The minimum absolute atomic E-state index is 0.0600. The summed E-state index contributed by atoms with van der Waals surface area (Å²) in [5.74, 6) is -2.65. The van der Waals surface area contributed by atoms with Crippen LogP contribution < -0.4 is 5.32 Å². The SMILES string of the molecule is CCCCCCCCCCCCCCCCCC(=O)NCCSC1O[C@H](COC(=O)c2ccccc2)[C@H](OC(=O)c2ccccc2)[C@H](OC(=O)c2ccccc2)[C@H]1OC(=O)c1ccccc1. The normalized spacial score (nSPS) is 17.9. The van der Waals surface area contributed by atoms with E-state index in [4.69, 9.17) is 23.7 Å². The zero-order valence-electron chi connectivity index (χ0n) is 38.4. The second-order valence-corrected chi connectivity index (χ2v) is 17.8. The van der Waals surface area contributed by atoms with Gasteiger partial charge in [-0.25, -0.2) is 19.2 Å². The van der Waals surface area contributed by atoms with Gasteiger partial charge in [0.1, 0.15) is 18.1 Å². The number of amides is 1. The minimum Gasteiger partial charge on any atom is -0.459 e. The molecule has 1 heterocycles. The first-order valence-electron chi connectivity index (χ1n) is 23.9. The van der Waals surface area contributed by atoms with Crippen LogP contribution in [-0.2, 0) is 28.5 Å². The molecule has 1 amide bonds. The lowest BCUT2D eigenvalue weighted by Crippen LogP contribution is -2.62. The van der Waals surface area contributed by atoms with E-state index in [1.165, 1.54) is 88.8 Å². The molecule has 0 bridgehead atoms. The summed E-state index contributed by atoms with van der Waals surface area (Å²) in [6, 6.07) is 33.2. The molecule has 12 heteroatoms. The van der Waals surface area contributed by atoms with Gasteiger partial charge in [0.15, 0.2) is 18.3 Å². The Morgan fingerprint density at radius 2 is 0.864 bits per heavy atom. The lowest BCUT2D eigenvalue weighted by molar-refractivity contribution is -0.207. The van der Waals surface area contributed by atoms with Crippen LogP contribution >= 0.6 is 11.8 Å². The molecule has 4 aromatic rings. The van der Waals surface area contributed by atoms with Crippen LogP contribution in [0.25, 0.3) is 0 Å². The molecule has 66 heavy (non-hydrogen) atoms. The predicted octanol–water partition coefficient (Wildman–Crippen LogP) is 11.4. The molecule has 4 aromatic carbocycles. The number of hydrogen-bond donors (Lipinski definition) is 1. The monoisotopic (exact) mass is 921 g/mol. The van der Waals surface area contributed by atoms with Crippen molar-refractivity contribution >= 4 is 41.5 Å². The average molecular weight is 922 g/mol. The molecule has 1 fully saturated rings. The molecule has 0 aliphatic carbocycles.